The monoisotopic (exact) mass is 1450 g/mol. The molecule has 0 aliphatic rings. The first-order valence-corrected chi connectivity index (χ1v) is 37.4. The summed E-state index contributed by atoms with van der Waals surface area (Å²) in [5, 5.41) is 18.0. The van der Waals surface area contributed by atoms with E-state index in [2.05, 4.69) is 64.8 Å². The molecule has 0 bridgehead atoms. The summed E-state index contributed by atoms with van der Waals surface area (Å²) in [5.41, 5.74) is 6.06. The number of thiophene rings is 6. The molecule has 6 aromatic heterocycles. The van der Waals surface area contributed by atoms with Crippen molar-refractivity contribution in [3.8, 4) is 54.3 Å². The van der Waals surface area contributed by atoms with Crippen LogP contribution in [0.4, 0.5) is 26.3 Å². The van der Waals surface area contributed by atoms with Gasteiger partial charge in [0.1, 0.15) is 0 Å². The maximum Gasteiger partial charge on any atom is 0.491 e. The van der Waals surface area contributed by atoms with Crippen molar-refractivity contribution in [1.29, 1.82) is 0 Å². The number of unbranched alkanes of at least 4 members (excludes halogenated alkanes) is 12. The lowest BCUT2D eigenvalue weighted by molar-refractivity contribution is 0.420. The van der Waals surface area contributed by atoms with E-state index >= 15 is 17.6 Å². The van der Waals surface area contributed by atoms with Crippen LogP contribution in [-0.2, 0) is 19.3 Å². The van der Waals surface area contributed by atoms with Crippen LogP contribution >= 0.6 is 99.9 Å². The molecule has 17 heteroatoms. The van der Waals surface area contributed by atoms with Crippen LogP contribution in [0.25, 0.3) is 91.9 Å². The van der Waals surface area contributed by atoms with Gasteiger partial charge in [-0.3, -0.25) is 0 Å². The van der Waals surface area contributed by atoms with Crippen molar-refractivity contribution in [1.82, 2.24) is 0 Å². The highest BCUT2D eigenvalue weighted by molar-refractivity contribution is 9.11. The van der Waals surface area contributed by atoms with Gasteiger partial charge in [-0.15, -0.1) is 68.0 Å². The van der Waals surface area contributed by atoms with E-state index in [0.717, 1.165) is 57.3 Å². The van der Waals surface area contributed by atoms with Crippen LogP contribution in [0.15, 0.2) is 141 Å². The lowest BCUT2D eigenvalue weighted by atomic mass is 9.79. The van der Waals surface area contributed by atoms with Crippen molar-refractivity contribution >= 4 is 150 Å². The van der Waals surface area contributed by atoms with Crippen LogP contribution in [0, 0.1) is 34.9 Å². The third-order valence-electron chi connectivity index (χ3n) is 16.2. The number of hydrogen-bond donors (Lipinski definition) is 2. The van der Waals surface area contributed by atoms with Gasteiger partial charge < -0.3 is 10.0 Å². The van der Waals surface area contributed by atoms with Crippen molar-refractivity contribution in [2.45, 2.75) is 136 Å². The summed E-state index contributed by atoms with van der Waals surface area (Å²) in [7, 11) is -2.02. The molecule has 0 aliphatic heterocycles. The van der Waals surface area contributed by atoms with Crippen LogP contribution in [0.2, 0.25) is 0 Å². The second-order valence-electron chi connectivity index (χ2n) is 22.7. The lowest BCUT2D eigenvalue weighted by Crippen LogP contribution is -2.33. The van der Waals surface area contributed by atoms with Crippen LogP contribution in [0.1, 0.15) is 134 Å². The molecular formula is C73H69BBr2F6O2S6. The molecule has 0 amide bonds. The minimum Gasteiger partial charge on any atom is -0.423 e. The van der Waals surface area contributed by atoms with E-state index < -0.39 is 47.5 Å². The van der Waals surface area contributed by atoms with Crippen molar-refractivity contribution in [3.63, 3.8) is 0 Å². The number of halogens is 8. The minimum absolute atomic E-state index is 0.117. The lowest BCUT2D eigenvalue weighted by Gasteiger charge is -2.09. The highest BCUT2D eigenvalue weighted by Gasteiger charge is 2.25. The summed E-state index contributed by atoms with van der Waals surface area (Å²) in [6, 6.07) is 40.4. The summed E-state index contributed by atoms with van der Waals surface area (Å²) >= 11 is 16.8. The topological polar surface area (TPSA) is 40.5 Å². The van der Waals surface area contributed by atoms with E-state index in [4.69, 9.17) is 10.0 Å². The summed E-state index contributed by atoms with van der Waals surface area (Å²) in [5.74, 6) is -5.73. The van der Waals surface area contributed by atoms with Crippen LogP contribution < -0.4 is 5.46 Å². The summed E-state index contributed by atoms with van der Waals surface area (Å²) in [4.78, 5) is 1.27. The van der Waals surface area contributed by atoms with Gasteiger partial charge in [0, 0.05) is 61.8 Å². The smallest absolute Gasteiger partial charge is 0.423 e. The molecule has 0 unspecified atom stereocenters. The Labute approximate surface area is 564 Å². The Balaban J connectivity index is 0.000000195. The summed E-state index contributed by atoms with van der Waals surface area (Å²) in [6.07, 6.45) is 21.2. The molecule has 468 valence electrons. The van der Waals surface area contributed by atoms with Gasteiger partial charge in [-0.25, -0.2) is 26.3 Å². The van der Waals surface area contributed by atoms with E-state index in [1.54, 1.807) is 36.4 Å². The molecule has 2 N–H and O–H groups in total. The minimum atomic E-state index is -2.02. The van der Waals surface area contributed by atoms with E-state index in [0.29, 0.717) is 26.4 Å². The van der Waals surface area contributed by atoms with E-state index in [-0.39, 0.29) is 27.8 Å². The standard InChI is InChI=1S/C46H44F4S3.C19H23BF2O2.C8H2Br2S3/c1-3-5-7-9-11-13-29-15-19-31(20-16-29)33-23-25-35(43(49)41(33)47)37-27-39-45(52-37)46-40(51-39)28-38(53-46)36-26-24-34(42(48)44(36)50)32-21-17-30(18-22-32)14-12-10-8-6-4-2;1-2-3-4-5-6-7-14-8-10-15(11-9-14)16-12-13-17(20(23)24)19(22)18(16)21;9-5-1-3-7(12-5)8-4(11-3)2-6(10)13-8/h15-28H,3-14H2,1-2H3;8-13,23-24H,2-7H2,1H3;1-2H. The van der Waals surface area contributed by atoms with Gasteiger partial charge >= 0.3 is 7.12 Å². The van der Waals surface area contributed by atoms with E-state index in [9.17, 15) is 8.78 Å². The van der Waals surface area contributed by atoms with E-state index in [1.165, 1.54) is 166 Å². The quantitative estimate of drug-likeness (QED) is 0.0360. The molecule has 2 nitrogen and oxygen atoms in total. The average molecular weight is 1460 g/mol. The predicted molar refractivity (Wildman–Crippen MR) is 386 cm³/mol. The van der Waals surface area contributed by atoms with Gasteiger partial charge in [-0.1, -0.05) is 195 Å². The Hall–Kier alpha value is -4.92. The molecule has 0 atom stereocenters. The molecule has 0 spiro atoms. The van der Waals surface area contributed by atoms with Crippen LogP contribution in [-0.4, -0.2) is 17.2 Å². The maximum absolute atomic E-state index is 15.7. The largest absolute Gasteiger partial charge is 0.491 e. The SMILES string of the molecule is Brc1cc2sc3cc(Br)sc3c2s1.CCCCCCCc1ccc(-c2ccc(-c3cc4sc5cc(-c6ccc(-c7ccc(CCCCCCC)cc7)c(F)c6F)sc5c4s3)c(F)c2F)cc1.CCCCCCCc1ccc(-c2ccc(B(O)O)c(F)c2F)cc1. The first-order chi connectivity index (χ1) is 43.6. The van der Waals surface area contributed by atoms with Crippen molar-refractivity contribution in [2.24, 2.45) is 0 Å². The van der Waals surface area contributed by atoms with Crippen LogP contribution in [0.5, 0.6) is 0 Å². The summed E-state index contributed by atoms with van der Waals surface area (Å²) in [6.45, 7) is 6.60. The fourth-order valence-corrected chi connectivity index (χ4v) is 20.4. The predicted octanol–water partition coefficient (Wildman–Crippen LogP) is 26.0. The molecular weight excluding hydrogens is 1390 g/mol. The van der Waals surface area contributed by atoms with Crippen LogP contribution in [0.3, 0.4) is 0 Å². The first-order valence-electron chi connectivity index (χ1n) is 31.0. The number of rotatable bonds is 24. The van der Waals surface area contributed by atoms with Crippen molar-refractivity contribution in [2.75, 3.05) is 0 Å². The Kier molecular flexibility index (Phi) is 24.4. The molecule has 0 saturated carbocycles. The van der Waals surface area contributed by atoms with Gasteiger partial charge in [-0.05, 0) is 140 Å². The number of fused-ring (bicyclic) bond motifs is 6. The van der Waals surface area contributed by atoms with Gasteiger partial charge in [0.15, 0.2) is 34.9 Å². The number of benzene rings is 6. The zero-order valence-corrected chi connectivity index (χ0v) is 58.4. The molecule has 6 aromatic carbocycles. The molecule has 0 saturated heterocycles. The molecule has 0 aliphatic carbocycles. The normalized spacial score (nSPS) is 11.5. The highest BCUT2D eigenvalue weighted by atomic mass is 79.9. The number of aryl methyl sites for hydroxylation is 3. The molecule has 12 aromatic rings. The Morgan fingerprint density at radius 2 is 0.611 bits per heavy atom. The highest BCUT2D eigenvalue weighted by Crippen LogP contribution is 2.50. The van der Waals surface area contributed by atoms with Gasteiger partial charge in [0.2, 0.25) is 0 Å². The maximum atomic E-state index is 15.7. The second-order valence-corrected chi connectivity index (χ2v) is 31.8. The van der Waals surface area contributed by atoms with Crippen molar-refractivity contribution < 1.29 is 36.4 Å². The Bertz CT molecular complexity index is 4120. The van der Waals surface area contributed by atoms with Crippen molar-refractivity contribution in [3.05, 3.63) is 193 Å². The molecule has 0 radical (unpaired) electrons. The first kappa shape index (κ1) is 68.0. The third kappa shape index (κ3) is 16.3. The molecule has 0 fully saturated rings. The van der Waals surface area contributed by atoms with Gasteiger partial charge in [0.25, 0.3) is 0 Å². The molecule has 6 heterocycles. The van der Waals surface area contributed by atoms with Gasteiger partial charge in [-0.2, -0.15) is 0 Å². The fourth-order valence-electron chi connectivity index (χ4n) is 11.1. The second kappa shape index (κ2) is 32.3. The molecule has 90 heavy (non-hydrogen) atoms. The molecule has 12 rings (SSSR count). The Morgan fingerprint density at radius 1 is 0.322 bits per heavy atom. The average Bonchev–Trinajstić information content (AvgIpc) is 1.80. The summed E-state index contributed by atoms with van der Waals surface area (Å²) < 4.78 is 102. The van der Waals surface area contributed by atoms with E-state index in [1.807, 2.05) is 107 Å². The zero-order valence-electron chi connectivity index (χ0n) is 50.4. The van der Waals surface area contributed by atoms with Gasteiger partial charge in [0.05, 0.1) is 26.4 Å². The number of hydrogen-bond acceptors (Lipinski definition) is 8. The fraction of sp³-hybridized carbons (Fsp3) is 0.288. The third-order valence-corrected chi connectivity index (χ3v) is 24.8. The Morgan fingerprint density at radius 3 is 0.956 bits per heavy atom. The zero-order chi connectivity index (χ0) is 63.4.